The fraction of sp³-hybridized carbons (Fsp3) is 0.800. The summed E-state index contributed by atoms with van der Waals surface area (Å²) in [6.07, 6.45) is 4.40. The minimum atomic E-state index is 0.361. The van der Waals surface area contributed by atoms with E-state index in [-0.39, 0.29) is 0 Å². The molecular weight excluding hydrogens is 150 g/mol. The van der Waals surface area contributed by atoms with Crippen molar-refractivity contribution in [2.45, 2.75) is 38.8 Å². The average molecular weight is 169 g/mol. The Balaban J connectivity index is 2.44. The largest absolute Gasteiger partial charge is 0.295 e. The van der Waals surface area contributed by atoms with Crippen molar-refractivity contribution in [1.29, 1.82) is 0 Å². The van der Waals surface area contributed by atoms with Crippen LogP contribution in [-0.4, -0.2) is 24.3 Å². The van der Waals surface area contributed by atoms with Gasteiger partial charge in [0.1, 0.15) is 0 Å². The SMILES string of the molecule is C=CC[C@H]1C[C@H](C(C)C)N(C)O1. The predicted molar refractivity (Wildman–Crippen MR) is 50.7 cm³/mol. The first kappa shape index (κ1) is 9.75. The molecule has 0 aromatic rings. The first-order chi connectivity index (χ1) is 5.65. The van der Waals surface area contributed by atoms with E-state index in [0.29, 0.717) is 18.1 Å². The number of hydroxylamine groups is 2. The van der Waals surface area contributed by atoms with Crippen LogP contribution in [0.25, 0.3) is 0 Å². The molecule has 0 bridgehead atoms. The summed E-state index contributed by atoms with van der Waals surface area (Å²) in [5.74, 6) is 0.671. The van der Waals surface area contributed by atoms with Crippen LogP contribution < -0.4 is 0 Å². The molecule has 0 aliphatic carbocycles. The fourth-order valence-corrected chi connectivity index (χ4v) is 1.79. The molecule has 1 saturated heterocycles. The smallest absolute Gasteiger partial charge is 0.0843 e. The third-order valence-electron chi connectivity index (χ3n) is 2.49. The highest BCUT2D eigenvalue weighted by Gasteiger charge is 2.31. The molecule has 1 fully saturated rings. The highest BCUT2D eigenvalue weighted by atomic mass is 16.7. The maximum atomic E-state index is 5.64. The zero-order valence-electron chi connectivity index (χ0n) is 8.29. The molecule has 1 aliphatic rings. The van der Waals surface area contributed by atoms with Gasteiger partial charge in [0, 0.05) is 13.1 Å². The van der Waals surface area contributed by atoms with E-state index in [1.165, 1.54) is 0 Å². The van der Waals surface area contributed by atoms with E-state index in [4.69, 9.17) is 4.84 Å². The fourth-order valence-electron chi connectivity index (χ4n) is 1.79. The van der Waals surface area contributed by atoms with E-state index in [1.54, 1.807) is 0 Å². The Hall–Kier alpha value is -0.340. The summed E-state index contributed by atoms with van der Waals surface area (Å²) in [6, 6.07) is 0.579. The molecule has 70 valence electrons. The molecule has 2 heteroatoms. The Morgan fingerprint density at radius 3 is 2.75 bits per heavy atom. The Bertz CT molecular complexity index is 156. The van der Waals surface area contributed by atoms with Gasteiger partial charge < -0.3 is 0 Å². The van der Waals surface area contributed by atoms with Crippen molar-refractivity contribution >= 4 is 0 Å². The van der Waals surface area contributed by atoms with Crippen molar-refractivity contribution in [3.63, 3.8) is 0 Å². The van der Waals surface area contributed by atoms with Crippen molar-refractivity contribution in [2.24, 2.45) is 5.92 Å². The third kappa shape index (κ3) is 2.08. The molecule has 2 atom stereocenters. The molecule has 1 heterocycles. The quantitative estimate of drug-likeness (QED) is 0.601. The maximum Gasteiger partial charge on any atom is 0.0843 e. The van der Waals surface area contributed by atoms with Crippen LogP contribution in [0.5, 0.6) is 0 Å². The molecule has 0 N–H and O–H groups in total. The molecule has 0 amide bonds. The van der Waals surface area contributed by atoms with E-state index >= 15 is 0 Å². The van der Waals surface area contributed by atoms with Gasteiger partial charge in [0.05, 0.1) is 6.10 Å². The van der Waals surface area contributed by atoms with Gasteiger partial charge in [-0.3, -0.25) is 4.84 Å². The van der Waals surface area contributed by atoms with Crippen molar-refractivity contribution in [3.05, 3.63) is 12.7 Å². The van der Waals surface area contributed by atoms with Crippen LogP contribution in [0.1, 0.15) is 26.7 Å². The van der Waals surface area contributed by atoms with Gasteiger partial charge in [-0.1, -0.05) is 19.9 Å². The van der Waals surface area contributed by atoms with Crippen molar-refractivity contribution < 1.29 is 4.84 Å². The zero-order valence-corrected chi connectivity index (χ0v) is 8.29. The highest BCUT2D eigenvalue weighted by Crippen LogP contribution is 2.26. The molecular formula is C10H19NO. The lowest BCUT2D eigenvalue weighted by Gasteiger charge is -2.20. The Labute approximate surface area is 75.2 Å². The van der Waals surface area contributed by atoms with Crippen LogP contribution >= 0.6 is 0 Å². The second-order valence-electron chi connectivity index (χ2n) is 3.85. The lowest BCUT2D eigenvalue weighted by atomic mass is 9.98. The van der Waals surface area contributed by atoms with E-state index in [9.17, 15) is 0 Å². The van der Waals surface area contributed by atoms with Crippen molar-refractivity contribution in [2.75, 3.05) is 7.05 Å². The maximum absolute atomic E-state index is 5.64. The predicted octanol–water partition coefficient (Wildman–Crippen LogP) is 2.22. The van der Waals surface area contributed by atoms with Gasteiger partial charge in [-0.25, -0.2) is 0 Å². The first-order valence-electron chi connectivity index (χ1n) is 4.65. The van der Waals surface area contributed by atoms with Gasteiger partial charge in [0.25, 0.3) is 0 Å². The van der Waals surface area contributed by atoms with Crippen molar-refractivity contribution in [3.8, 4) is 0 Å². The van der Waals surface area contributed by atoms with Gasteiger partial charge in [0.2, 0.25) is 0 Å². The lowest BCUT2D eigenvalue weighted by Crippen LogP contribution is -2.28. The Morgan fingerprint density at radius 2 is 2.33 bits per heavy atom. The molecule has 0 aromatic heterocycles. The van der Waals surface area contributed by atoms with Gasteiger partial charge in [-0.05, 0) is 18.8 Å². The Kier molecular flexibility index (Phi) is 3.29. The second-order valence-corrected chi connectivity index (χ2v) is 3.85. The van der Waals surface area contributed by atoms with Gasteiger partial charge in [0.15, 0.2) is 0 Å². The summed E-state index contributed by atoms with van der Waals surface area (Å²) in [4.78, 5) is 5.64. The summed E-state index contributed by atoms with van der Waals surface area (Å²) in [5.41, 5.74) is 0. The summed E-state index contributed by atoms with van der Waals surface area (Å²) in [5, 5.41) is 2.00. The second kappa shape index (κ2) is 4.06. The topological polar surface area (TPSA) is 12.5 Å². The minimum absolute atomic E-state index is 0.361. The molecule has 0 aromatic carbocycles. The standard InChI is InChI=1S/C10H19NO/c1-5-6-9-7-10(8(2)3)11(4)12-9/h5,8-10H,1,6-7H2,2-4H3/t9-,10+/m0/s1. The first-order valence-corrected chi connectivity index (χ1v) is 4.65. The number of nitrogens with zero attached hydrogens (tertiary/aromatic N) is 1. The van der Waals surface area contributed by atoms with Crippen LogP contribution in [-0.2, 0) is 4.84 Å². The highest BCUT2D eigenvalue weighted by molar-refractivity contribution is 4.83. The monoisotopic (exact) mass is 169 g/mol. The number of rotatable bonds is 3. The molecule has 0 unspecified atom stereocenters. The normalized spacial score (nSPS) is 31.3. The number of hydrogen-bond donors (Lipinski definition) is 0. The molecule has 12 heavy (non-hydrogen) atoms. The van der Waals surface area contributed by atoms with Crippen LogP contribution in [0.4, 0.5) is 0 Å². The van der Waals surface area contributed by atoms with E-state index in [0.717, 1.165) is 12.8 Å². The summed E-state index contributed by atoms with van der Waals surface area (Å²) in [6.45, 7) is 8.19. The Morgan fingerprint density at radius 1 is 1.67 bits per heavy atom. The summed E-state index contributed by atoms with van der Waals surface area (Å²) in [7, 11) is 2.02. The van der Waals surface area contributed by atoms with Crippen LogP contribution in [0.3, 0.4) is 0 Å². The minimum Gasteiger partial charge on any atom is -0.295 e. The van der Waals surface area contributed by atoms with E-state index in [1.807, 2.05) is 18.2 Å². The van der Waals surface area contributed by atoms with Gasteiger partial charge in [-0.2, -0.15) is 5.06 Å². The zero-order chi connectivity index (χ0) is 9.14. The van der Waals surface area contributed by atoms with Crippen LogP contribution in [0.2, 0.25) is 0 Å². The third-order valence-corrected chi connectivity index (χ3v) is 2.49. The van der Waals surface area contributed by atoms with Crippen LogP contribution in [0.15, 0.2) is 12.7 Å². The molecule has 0 radical (unpaired) electrons. The number of hydrogen-bond acceptors (Lipinski definition) is 2. The summed E-state index contributed by atoms with van der Waals surface area (Å²) >= 11 is 0. The molecule has 1 rings (SSSR count). The molecule has 0 saturated carbocycles. The van der Waals surface area contributed by atoms with Crippen molar-refractivity contribution in [1.82, 2.24) is 5.06 Å². The average Bonchev–Trinajstić information content (AvgIpc) is 2.32. The molecule has 1 aliphatic heterocycles. The molecule has 2 nitrogen and oxygen atoms in total. The lowest BCUT2D eigenvalue weighted by molar-refractivity contribution is -0.147. The van der Waals surface area contributed by atoms with Gasteiger partial charge >= 0.3 is 0 Å². The van der Waals surface area contributed by atoms with E-state index < -0.39 is 0 Å². The molecule has 0 spiro atoms. The summed E-state index contributed by atoms with van der Waals surface area (Å²) < 4.78 is 0. The van der Waals surface area contributed by atoms with Crippen LogP contribution in [0, 0.1) is 5.92 Å². The van der Waals surface area contributed by atoms with Gasteiger partial charge in [-0.15, -0.1) is 6.58 Å². The van der Waals surface area contributed by atoms with E-state index in [2.05, 4.69) is 20.4 Å².